The minimum Gasteiger partial charge on any atom is -0.346 e. The molecule has 0 saturated heterocycles. The summed E-state index contributed by atoms with van der Waals surface area (Å²) >= 11 is 0. The summed E-state index contributed by atoms with van der Waals surface area (Å²) in [6, 6.07) is 9.44. The van der Waals surface area contributed by atoms with E-state index < -0.39 is 0 Å². The van der Waals surface area contributed by atoms with E-state index in [0.29, 0.717) is 11.1 Å². The van der Waals surface area contributed by atoms with Crippen LogP contribution in [0.3, 0.4) is 0 Å². The van der Waals surface area contributed by atoms with Crippen LogP contribution in [0.1, 0.15) is 84.5 Å². The number of hydrogen-bond acceptors (Lipinski definition) is 2. The minimum absolute atomic E-state index is 0.359. The van der Waals surface area contributed by atoms with E-state index in [1.165, 1.54) is 76.3 Å². The molecule has 5 aliphatic rings. The van der Waals surface area contributed by atoms with Crippen molar-refractivity contribution in [1.29, 1.82) is 0 Å². The molecule has 0 spiro atoms. The van der Waals surface area contributed by atoms with E-state index in [1.54, 1.807) is 11.3 Å². The number of fused-ring (bicyclic) bond motifs is 5. The summed E-state index contributed by atoms with van der Waals surface area (Å²) in [6.07, 6.45) is 18.0. The van der Waals surface area contributed by atoms with Gasteiger partial charge in [0, 0.05) is 11.1 Å². The second kappa shape index (κ2) is 6.53. The van der Waals surface area contributed by atoms with Crippen LogP contribution in [0, 0.1) is 17.8 Å². The van der Waals surface area contributed by atoms with Crippen molar-refractivity contribution in [2.75, 3.05) is 16.5 Å². The van der Waals surface area contributed by atoms with Gasteiger partial charge in [-0.1, -0.05) is 50.5 Å². The second-order valence-electron chi connectivity index (χ2n) is 11.5. The fourth-order valence-corrected chi connectivity index (χ4v) is 8.49. The molecule has 0 amide bonds. The summed E-state index contributed by atoms with van der Waals surface area (Å²) in [4.78, 5) is 5.80. The van der Waals surface area contributed by atoms with E-state index in [-0.39, 0.29) is 0 Å². The molecule has 1 heterocycles. The Kier molecular flexibility index (Phi) is 4.13. The van der Waals surface area contributed by atoms with Crippen LogP contribution < -0.4 is 9.80 Å². The molecule has 3 fully saturated rings. The van der Waals surface area contributed by atoms with Gasteiger partial charge in [-0.25, -0.2) is 0 Å². The van der Waals surface area contributed by atoms with Crippen LogP contribution >= 0.6 is 0 Å². The van der Waals surface area contributed by atoms with Crippen LogP contribution in [0.25, 0.3) is 0 Å². The molecule has 2 heteroatoms. The maximum absolute atomic E-state index is 2.91. The van der Waals surface area contributed by atoms with E-state index in [0.717, 1.165) is 24.4 Å². The molecule has 3 saturated carbocycles. The number of para-hydroxylation sites is 2. The van der Waals surface area contributed by atoms with Crippen molar-refractivity contribution in [2.45, 2.75) is 95.6 Å². The van der Waals surface area contributed by atoms with Gasteiger partial charge in [0.2, 0.25) is 0 Å². The Balaban J connectivity index is 1.40. The highest BCUT2D eigenvalue weighted by molar-refractivity contribution is 5.78. The third-order valence-electron chi connectivity index (χ3n) is 9.20. The van der Waals surface area contributed by atoms with Crippen molar-refractivity contribution >= 4 is 11.4 Å². The summed E-state index contributed by atoms with van der Waals surface area (Å²) in [6.45, 7) is 6.11. The largest absolute Gasteiger partial charge is 0.346 e. The molecule has 2 nitrogen and oxygen atoms in total. The molecule has 4 bridgehead atoms. The molecule has 156 valence electrons. The van der Waals surface area contributed by atoms with Gasteiger partial charge in [-0.05, 0) is 87.7 Å². The van der Waals surface area contributed by atoms with Crippen LogP contribution in [0.2, 0.25) is 0 Å². The first-order chi connectivity index (χ1) is 14.1. The van der Waals surface area contributed by atoms with Crippen LogP contribution in [0.5, 0.6) is 0 Å². The van der Waals surface area contributed by atoms with E-state index in [1.807, 2.05) is 0 Å². The maximum Gasteiger partial charge on any atom is 0.0915 e. The Labute approximate surface area is 177 Å². The first-order valence-electron chi connectivity index (χ1n) is 12.4. The van der Waals surface area contributed by atoms with Crippen molar-refractivity contribution in [3.8, 4) is 0 Å². The molecule has 0 aromatic heterocycles. The quantitative estimate of drug-likeness (QED) is 0.506. The lowest BCUT2D eigenvalue weighted by Crippen LogP contribution is -2.59. The van der Waals surface area contributed by atoms with Gasteiger partial charge in [-0.3, -0.25) is 0 Å². The third kappa shape index (κ3) is 2.81. The van der Waals surface area contributed by atoms with Crippen LogP contribution in [0.4, 0.5) is 11.4 Å². The Morgan fingerprint density at radius 2 is 1.66 bits per heavy atom. The highest BCUT2D eigenvalue weighted by Gasteiger charge is 2.52. The Hall–Kier alpha value is -1.44. The van der Waals surface area contributed by atoms with Crippen LogP contribution in [-0.2, 0) is 0 Å². The average Bonchev–Trinajstić information content (AvgIpc) is 3.08. The lowest BCUT2D eigenvalue weighted by Gasteiger charge is -2.55. The number of allylic oxidation sites excluding steroid dienone is 1. The molecule has 1 aliphatic heterocycles. The van der Waals surface area contributed by atoms with Gasteiger partial charge in [-0.15, -0.1) is 0 Å². The van der Waals surface area contributed by atoms with Crippen LogP contribution in [0.15, 0.2) is 35.9 Å². The van der Waals surface area contributed by atoms with E-state index in [2.05, 4.69) is 54.0 Å². The molecular formula is C27H38N2. The van der Waals surface area contributed by atoms with Gasteiger partial charge in [-0.2, -0.15) is 0 Å². The maximum atomic E-state index is 2.91. The highest BCUT2D eigenvalue weighted by atomic mass is 15.4. The predicted octanol–water partition coefficient (Wildman–Crippen LogP) is 6.91. The lowest BCUT2D eigenvalue weighted by molar-refractivity contribution is 0.107. The highest BCUT2D eigenvalue weighted by Crippen LogP contribution is 2.56. The number of nitrogens with zero attached hydrogens (tertiary/aromatic N) is 2. The number of rotatable bonds is 2. The van der Waals surface area contributed by atoms with Gasteiger partial charge in [0.1, 0.15) is 0 Å². The molecule has 1 aromatic rings. The topological polar surface area (TPSA) is 6.48 Å². The molecule has 4 aliphatic carbocycles. The summed E-state index contributed by atoms with van der Waals surface area (Å²) in [5.41, 5.74) is 5.60. The third-order valence-corrected chi connectivity index (χ3v) is 9.20. The Morgan fingerprint density at radius 1 is 0.897 bits per heavy atom. The zero-order valence-electron chi connectivity index (χ0n) is 18.5. The van der Waals surface area contributed by atoms with Crippen molar-refractivity contribution < 1.29 is 0 Å². The summed E-state index contributed by atoms with van der Waals surface area (Å²) < 4.78 is 0. The zero-order chi connectivity index (χ0) is 19.6. The number of benzene rings is 1. The molecule has 1 aromatic carbocycles. The molecule has 0 N–H and O–H groups in total. The smallest absolute Gasteiger partial charge is 0.0915 e. The van der Waals surface area contributed by atoms with Gasteiger partial charge in [0.05, 0.1) is 18.0 Å². The van der Waals surface area contributed by atoms with E-state index >= 15 is 0 Å². The average molecular weight is 391 g/mol. The summed E-state index contributed by atoms with van der Waals surface area (Å²) in [7, 11) is 0. The summed E-state index contributed by atoms with van der Waals surface area (Å²) in [5.74, 6) is 2.57. The monoisotopic (exact) mass is 390 g/mol. The first kappa shape index (κ1) is 18.3. The molecule has 5 atom stereocenters. The van der Waals surface area contributed by atoms with Gasteiger partial charge in [0.15, 0.2) is 0 Å². The standard InChI is InChI=1S/C27H38N2/c1-20-13-22-7-5-11-26(15-20,17-22)28-19-29(25-10-4-3-9-24(25)28)27-12-6-8-23(18-27)14-21(2)16-27/h3-4,9-10,13,20-21,23H,5-8,11-12,14-19H2,1-2H3. The molecule has 5 unspecified atom stereocenters. The SMILES string of the molecule is CC1C=C2CCCC(N3CN(C45CCCC(CC(C)C4)C5)c4ccccc43)(C2)C1. The van der Waals surface area contributed by atoms with Gasteiger partial charge in [0.25, 0.3) is 0 Å². The number of hydrogen-bond donors (Lipinski definition) is 0. The Bertz CT molecular complexity index is 824. The fourth-order valence-electron chi connectivity index (χ4n) is 8.49. The van der Waals surface area contributed by atoms with Crippen molar-refractivity contribution in [1.82, 2.24) is 0 Å². The van der Waals surface area contributed by atoms with Gasteiger partial charge < -0.3 is 9.80 Å². The Morgan fingerprint density at radius 3 is 2.48 bits per heavy atom. The van der Waals surface area contributed by atoms with Crippen molar-refractivity contribution in [2.24, 2.45) is 17.8 Å². The predicted molar refractivity (Wildman–Crippen MR) is 122 cm³/mol. The summed E-state index contributed by atoms with van der Waals surface area (Å²) in [5, 5.41) is 0. The second-order valence-corrected chi connectivity index (χ2v) is 11.5. The molecule has 6 rings (SSSR count). The van der Waals surface area contributed by atoms with E-state index in [4.69, 9.17) is 0 Å². The van der Waals surface area contributed by atoms with Crippen LogP contribution in [-0.4, -0.2) is 17.7 Å². The molecular weight excluding hydrogens is 352 g/mol. The number of anilines is 2. The van der Waals surface area contributed by atoms with Crippen molar-refractivity contribution in [3.63, 3.8) is 0 Å². The normalized spacial score (nSPS) is 41.2. The minimum atomic E-state index is 0.359. The fraction of sp³-hybridized carbons (Fsp3) is 0.704. The van der Waals surface area contributed by atoms with Gasteiger partial charge >= 0.3 is 0 Å². The molecule has 29 heavy (non-hydrogen) atoms. The first-order valence-corrected chi connectivity index (χ1v) is 12.4. The van der Waals surface area contributed by atoms with Crippen molar-refractivity contribution in [3.05, 3.63) is 35.9 Å². The van der Waals surface area contributed by atoms with E-state index in [9.17, 15) is 0 Å². The zero-order valence-corrected chi connectivity index (χ0v) is 18.5. The lowest BCUT2D eigenvalue weighted by atomic mass is 9.63. The molecule has 0 radical (unpaired) electrons.